The van der Waals surface area contributed by atoms with Gasteiger partial charge >= 0.3 is 5.97 Å². The number of benzene rings is 1. The Morgan fingerprint density at radius 2 is 2.11 bits per heavy atom. The van der Waals surface area contributed by atoms with Gasteiger partial charge in [0.25, 0.3) is 0 Å². The van der Waals surface area contributed by atoms with E-state index in [1.54, 1.807) is 6.92 Å². The van der Waals surface area contributed by atoms with Gasteiger partial charge in [-0.25, -0.2) is 13.2 Å². The molecule has 0 aliphatic carbocycles. The predicted octanol–water partition coefficient (Wildman–Crippen LogP) is 2.13. The summed E-state index contributed by atoms with van der Waals surface area (Å²) in [5.74, 6) is -1.14. The fourth-order valence-electron chi connectivity index (χ4n) is 2.89. The average Bonchev–Trinajstić information content (AvgIpc) is 3.24. The van der Waals surface area contributed by atoms with Crippen molar-refractivity contribution in [3.05, 3.63) is 40.6 Å². The number of aromatic carboxylic acids is 1. The summed E-state index contributed by atoms with van der Waals surface area (Å²) in [7, 11) is -4.17. The quantitative estimate of drug-likeness (QED) is 0.767. The molecule has 1 atom stereocenters. The summed E-state index contributed by atoms with van der Waals surface area (Å²) in [4.78, 5) is 23.4. The summed E-state index contributed by atoms with van der Waals surface area (Å²) >= 11 is 6.00. The molecule has 0 saturated carbocycles. The molecule has 11 heteroatoms. The molecular formula is C16H16ClN3O6S. The molecular weight excluding hydrogens is 398 g/mol. The number of carbonyl (C=O) groups is 2. The number of carboxylic acid groups (broad SMARTS) is 1. The predicted molar refractivity (Wildman–Crippen MR) is 95.2 cm³/mol. The fourth-order valence-corrected chi connectivity index (χ4v) is 5.04. The normalized spacial score (nSPS) is 17.8. The van der Waals surface area contributed by atoms with E-state index >= 15 is 0 Å². The third-order valence-corrected chi connectivity index (χ3v) is 6.54. The first-order valence-corrected chi connectivity index (χ1v) is 9.81. The minimum absolute atomic E-state index is 0.113. The van der Waals surface area contributed by atoms with E-state index in [1.807, 2.05) is 0 Å². The van der Waals surface area contributed by atoms with Crippen LogP contribution in [0.25, 0.3) is 0 Å². The number of carboxylic acids is 1. The molecule has 1 aromatic heterocycles. The SMILES string of the molecule is Cc1cc(NC(=O)[C@@H]2CCCN2S(=O)(=O)c2cc(C(=O)O)ccc2Cl)no1. The third-order valence-electron chi connectivity index (χ3n) is 4.15. The number of aryl methyl sites for hydroxylation is 1. The number of sulfonamides is 1. The number of aromatic nitrogens is 1. The van der Waals surface area contributed by atoms with E-state index in [1.165, 1.54) is 18.2 Å². The Morgan fingerprint density at radius 3 is 2.74 bits per heavy atom. The van der Waals surface area contributed by atoms with Gasteiger partial charge in [0.1, 0.15) is 16.7 Å². The van der Waals surface area contributed by atoms with Crippen LogP contribution in [0.4, 0.5) is 5.82 Å². The first kappa shape index (κ1) is 19.3. The second kappa shape index (κ2) is 7.29. The zero-order valence-corrected chi connectivity index (χ0v) is 15.7. The van der Waals surface area contributed by atoms with Crippen molar-refractivity contribution < 1.29 is 27.6 Å². The first-order chi connectivity index (χ1) is 12.7. The van der Waals surface area contributed by atoms with E-state index in [0.717, 1.165) is 10.4 Å². The summed E-state index contributed by atoms with van der Waals surface area (Å²) in [6, 6.07) is 3.97. The van der Waals surface area contributed by atoms with Gasteiger partial charge in [0.15, 0.2) is 5.82 Å². The Bertz CT molecular complexity index is 1000. The van der Waals surface area contributed by atoms with E-state index in [2.05, 4.69) is 10.5 Å². The number of anilines is 1. The molecule has 0 unspecified atom stereocenters. The van der Waals surface area contributed by atoms with E-state index in [4.69, 9.17) is 21.2 Å². The van der Waals surface area contributed by atoms with Gasteiger partial charge in [0, 0.05) is 12.6 Å². The number of nitrogens with zero attached hydrogens (tertiary/aromatic N) is 2. The number of hydrogen-bond donors (Lipinski definition) is 2. The van der Waals surface area contributed by atoms with Crippen molar-refractivity contribution in [2.75, 3.05) is 11.9 Å². The van der Waals surface area contributed by atoms with Gasteiger partial charge in [-0.05, 0) is 38.0 Å². The highest BCUT2D eigenvalue weighted by Gasteiger charge is 2.40. The molecule has 9 nitrogen and oxygen atoms in total. The van der Waals surface area contributed by atoms with Gasteiger partial charge in [-0.1, -0.05) is 16.8 Å². The average molecular weight is 414 g/mol. The van der Waals surface area contributed by atoms with E-state index in [0.29, 0.717) is 18.6 Å². The van der Waals surface area contributed by atoms with Gasteiger partial charge in [-0.3, -0.25) is 4.79 Å². The molecule has 0 radical (unpaired) electrons. The number of carbonyl (C=O) groups excluding carboxylic acids is 1. The summed E-state index contributed by atoms with van der Waals surface area (Å²) in [6.07, 6.45) is 0.795. The van der Waals surface area contributed by atoms with Crippen molar-refractivity contribution in [2.45, 2.75) is 30.7 Å². The van der Waals surface area contributed by atoms with E-state index < -0.39 is 27.9 Å². The van der Waals surface area contributed by atoms with Gasteiger partial charge in [0.2, 0.25) is 15.9 Å². The van der Waals surface area contributed by atoms with Crippen LogP contribution in [-0.4, -0.2) is 47.4 Å². The van der Waals surface area contributed by atoms with Crippen LogP contribution in [0.1, 0.15) is 29.0 Å². The Hall–Kier alpha value is -2.43. The molecule has 1 fully saturated rings. The summed E-state index contributed by atoms with van der Waals surface area (Å²) in [5, 5.41) is 15.2. The van der Waals surface area contributed by atoms with Crippen LogP contribution in [-0.2, 0) is 14.8 Å². The van der Waals surface area contributed by atoms with Crippen molar-refractivity contribution in [1.82, 2.24) is 9.46 Å². The highest BCUT2D eigenvalue weighted by Crippen LogP contribution is 2.31. The molecule has 0 bridgehead atoms. The molecule has 3 rings (SSSR count). The molecule has 1 amide bonds. The number of nitrogens with one attached hydrogen (secondary N) is 1. The number of halogens is 1. The third kappa shape index (κ3) is 3.82. The van der Waals surface area contributed by atoms with Crippen molar-refractivity contribution in [3.8, 4) is 0 Å². The minimum Gasteiger partial charge on any atom is -0.478 e. The number of hydrogen-bond acceptors (Lipinski definition) is 6. The van der Waals surface area contributed by atoms with Crippen LogP contribution in [0.5, 0.6) is 0 Å². The topological polar surface area (TPSA) is 130 Å². The molecule has 2 N–H and O–H groups in total. The lowest BCUT2D eigenvalue weighted by Gasteiger charge is -2.23. The summed E-state index contributed by atoms with van der Waals surface area (Å²) in [6.45, 7) is 1.78. The minimum atomic E-state index is -4.17. The van der Waals surface area contributed by atoms with Crippen LogP contribution < -0.4 is 5.32 Å². The van der Waals surface area contributed by atoms with E-state index in [-0.39, 0.29) is 27.8 Å². The number of rotatable bonds is 5. The van der Waals surface area contributed by atoms with Gasteiger partial charge < -0.3 is 14.9 Å². The highest BCUT2D eigenvalue weighted by molar-refractivity contribution is 7.89. The molecule has 1 aliphatic rings. The Morgan fingerprint density at radius 1 is 1.37 bits per heavy atom. The maximum absolute atomic E-state index is 13.0. The lowest BCUT2D eigenvalue weighted by Crippen LogP contribution is -2.43. The molecule has 1 saturated heterocycles. The second-order valence-electron chi connectivity index (χ2n) is 6.04. The van der Waals surface area contributed by atoms with Crippen molar-refractivity contribution >= 4 is 39.3 Å². The molecule has 0 spiro atoms. The molecule has 144 valence electrons. The number of amides is 1. The van der Waals surface area contributed by atoms with Gasteiger partial charge in [-0.15, -0.1) is 0 Å². The maximum Gasteiger partial charge on any atom is 0.335 e. The summed E-state index contributed by atoms with van der Waals surface area (Å²) < 4.78 is 32.0. The summed E-state index contributed by atoms with van der Waals surface area (Å²) in [5.41, 5.74) is -0.212. The van der Waals surface area contributed by atoms with Crippen LogP contribution in [0, 0.1) is 6.92 Å². The Labute approximate surface area is 159 Å². The fraction of sp³-hybridized carbons (Fsp3) is 0.312. The smallest absolute Gasteiger partial charge is 0.335 e. The molecule has 2 heterocycles. The Kier molecular flexibility index (Phi) is 5.22. The largest absolute Gasteiger partial charge is 0.478 e. The maximum atomic E-state index is 13.0. The standard InChI is InChI=1S/C16H16ClN3O6S/c1-9-7-14(19-26-9)18-15(21)12-3-2-6-20(12)27(24,25)13-8-10(16(22)23)4-5-11(13)17/h4-5,7-8,12H,2-3,6H2,1H3,(H,22,23)(H,18,19,21)/t12-/m0/s1. The molecule has 27 heavy (non-hydrogen) atoms. The van der Waals surface area contributed by atoms with Crippen molar-refractivity contribution in [1.29, 1.82) is 0 Å². The van der Waals surface area contributed by atoms with Crippen molar-refractivity contribution in [3.63, 3.8) is 0 Å². The van der Waals surface area contributed by atoms with E-state index in [9.17, 15) is 18.0 Å². The van der Waals surface area contributed by atoms with Crippen LogP contribution in [0.15, 0.2) is 33.7 Å². The Balaban J connectivity index is 1.90. The first-order valence-electron chi connectivity index (χ1n) is 7.99. The van der Waals surface area contributed by atoms with Crippen LogP contribution in [0.2, 0.25) is 5.02 Å². The van der Waals surface area contributed by atoms with Gasteiger partial charge in [-0.2, -0.15) is 4.31 Å². The van der Waals surface area contributed by atoms with Crippen LogP contribution >= 0.6 is 11.6 Å². The molecule has 2 aromatic rings. The lowest BCUT2D eigenvalue weighted by molar-refractivity contribution is -0.119. The van der Waals surface area contributed by atoms with Crippen LogP contribution in [0.3, 0.4) is 0 Å². The highest BCUT2D eigenvalue weighted by atomic mass is 35.5. The zero-order chi connectivity index (χ0) is 19.8. The lowest BCUT2D eigenvalue weighted by atomic mass is 10.2. The van der Waals surface area contributed by atoms with Crippen molar-refractivity contribution in [2.24, 2.45) is 0 Å². The zero-order valence-electron chi connectivity index (χ0n) is 14.2. The van der Waals surface area contributed by atoms with Gasteiger partial charge in [0.05, 0.1) is 10.6 Å². The molecule has 1 aliphatic heterocycles. The second-order valence-corrected chi connectivity index (χ2v) is 8.30. The monoisotopic (exact) mass is 413 g/mol. The molecule has 1 aromatic carbocycles.